The molecule has 1 unspecified atom stereocenters. The highest BCUT2D eigenvalue weighted by Crippen LogP contribution is 2.39. The van der Waals surface area contributed by atoms with Crippen molar-refractivity contribution in [1.82, 2.24) is 20.1 Å². The second-order valence-corrected chi connectivity index (χ2v) is 8.87. The summed E-state index contributed by atoms with van der Waals surface area (Å²) < 4.78 is 7.85. The number of halogens is 1. The van der Waals surface area contributed by atoms with Gasteiger partial charge in [-0.05, 0) is 37.8 Å². The number of hydrogen-bond donors (Lipinski definition) is 1. The number of amides is 1. The molecule has 0 aliphatic heterocycles. The summed E-state index contributed by atoms with van der Waals surface area (Å²) >= 11 is 7.46. The first kappa shape index (κ1) is 21.5. The highest BCUT2D eigenvalue weighted by Gasteiger charge is 2.32. The summed E-state index contributed by atoms with van der Waals surface area (Å²) in [6.45, 7) is 5.80. The molecule has 1 aliphatic carbocycles. The highest BCUT2D eigenvalue weighted by molar-refractivity contribution is 7.99. The second-order valence-electron chi connectivity index (χ2n) is 7.52. The topological polar surface area (TPSA) is 92.8 Å². The van der Waals surface area contributed by atoms with Crippen molar-refractivity contribution in [3.63, 3.8) is 0 Å². The molecule has 1 fully saturated rings. The fraction of sp³-hybridized carbons (Fsp3) is 0.500. The molecule has 7 nitrogen and oxygen atoms in total. The standard InChI is InChI=1S/C20H24ClN5O2S/c1-13(2)20(3,12-22)23-18(27)11-29-19-25-24-17(26(19)14-8-9-14)10-28-16-7-5-4-6-15(16)21/h4-7,13-14H,8-11H2,1-3H3,(H,23,27). The molecule has 29 heavy (non-hydrogen) atoms. The number of carbonyl (C=O) groups excluding carboxylic acids is 1. The third kappa shape index (κ3) is 5.22. The zero-order valence-corrected chi connectivity index (χ0v) is 18.3. The van der Waals surface area contributed by atoms with E-state index in [4.69, 9.17) is 16.3 Å². The van der Waals surface area contributed by atoms with Gasteiger partial charge in [-0.2, -0.15) is 5.26 Å². The minimum atomic E-state index is -0.893. The SMILES string of the molecule is CC(C)C(C)(C#N)NC(=O)CSc1nnc(COc2ccccc2Cl)n1C1CC1. The second kappa shape index (κ2) is 9.06. The van der Waals surface area contributed by atoms with Crippen LogP contribution in [0, 0.1) is 17.2 Å². The Labute approximate surface area is 179 Å². The maximum absolute atomic E-state index is 12.4. The van der Waals surface area contributed by atoms with Crippen LogP contribution >= 0.6 is 23.4 Å². The van der Waals surface area contributed by atoms with E-state index in [0.29, 0.717) is 27.8 Å². The number of benzene rings is 1. The summed E-state index contributed by atoms with van der Waals surface area (Å²) in [5, 5.41) is 21.9. The van der Waals surface area contributed by atoms with Crippen molar-refractivity contribution in [2.24, 2.45) is 5.92 Å². The lowest BCUT2D eigenvalue weighted by atomic mass is 9.90. The summed E-state index contributed by atoms with van der Waals surface area (Å²) in [6.07, 6.45) is 2.10. The van der Waals surface area contributed by atoms with Gasteiger partial charge in [0.2, 0.25) is 5.91 Å². The molecule has 1 heterocycles. The van der Waals surface area contributed by atoms with Crippen molar-refractivity contribution in [3.05, 3.63) is 35.1 Å². The van der Waals surface area contributed by atoms with Crippen LogP contribution in [-0.4, -0.2) is 32.0 Å². The number of carbonyl (C=O) groups is 1. The predicted molar refractivity (Wildman–Crippen MR) is 112 cm³/mol. The summed E-state index contributed by atoms with van der Waals surface area (Å²) in [7, 11) is 0. The number of thioether (sulfide) groups is 1. The van der Waals surface area contributed by atoms with Gasteiger partial charge in [-0.3, -0.25) is 9.36 Å². The van der Waals surface area contributed by atoms with Gasteiger partial charge in [0.15, 0.2) is 11.0 Å². The molecule has 1 amide bonds. The van der Waals surface area contributed by atoms with Crippen molar-refractivity contribution >= 4 is 29.3 Å². The van der Waals surface area contributed by atoms with E-state index >= 15 is 0 Å². The Hall–Kier alpha value is -2.24. The lowest BCUT2D eigenvalue weighted by Crippen LogP contribution is -2.49. The molecule has 154 valence electrons. The first-order valence-corrected chi connectivity index (χ1v) is 10.9. The van der Waals surface area contributed by atoms with Crippen LogP contribution in [0.5, 0.6) is 5.75 Å². The van der Waals surface area contributed by atoms with Gasteiger partial charge in [0, 0.05) is 6.04 Å². The third-order valence-corrected chi connectivity index (χ3v) is 6.21. The molecule has 1 aromatic carbocycles. The molecular weight excluding hydrogens is 410 g/mol. The molecule has 1 atom stereocenters. The Kier molecular flexibility index (Phi) is 6.70. The fourth-order valence-electron chi connectivity index (χ4n) is 2.67. The summed E-state index contributed by atoms with van der Waals surface area (Å²) in [4.78, 5) is 12.4. The van der Waals surface area contributed by atoms with E-state index in [1.54, 1.807) is 19.1 Å². The number of nitrogens with zero attached hydrogens (tertiary/aromatic N) is 4. The van der Waals surface area contributed by atoms with Crippen LogP contribution in [-0.2, 0) is 11.4 Å². The number of para-hydroxylation sites is 1. The summed E-state index contributed by atoms with van der Waals surface area (Å²) in [5.41, 5.74) is -0.893. The fourth-order valence-corrected chi connectivity index (χ4v) is 3.68. The maximum Gasteiger partial charge on any atom is 0.231 e. The van der Waals surface area contributed by atoms with Crippen LogP contribution in [0.4, 0.5) is 0 Å². The third-order valence-electron chi connectivity index (χ3n) is 4.96. The Morgan fingerprint density at radius 1 is 1.45 bits per heavy atom. The van der Waals surface area contributed by atoms with Crippen molar-refractivity contribution in [3.8, 4) is 11.8 Å². The van der Waals surface area contributed by atoms with Crippen LogP contribution < -0.4 is 10.1 Å². The predicted octanol–water partition coefficient (Wildman–Crippen LogP) is 3.99. The van der Waals surface area contributed by atoms with E-state index < -0.39 is 5.54 Å². The van der Waals surface area contributed by atoms with E-state index in [1.807, 2.05) is 30.5 Å². The van der Waals surface area contributed by atoms with Crippen LogP contribution in [0.2, 0.25) is 5.02 Å². The molecule has 0 saturated heterocycles. The quantitative estimate of drug-likeness (QED) is 0.601. The lowest BCUT2D eigenvalue weighted by molar-refractivity contribution is -0.120. The van der Waals surface area contributed by atoms with E-state index in [2.05, 4.69) is 21.6 Å². The minimum Gasteiger partial charge on any atom is -0.484 e. The number of nitrogens with one attached hydrogen (secondary N) is 1. The van der Waals surface area contributed by atoms with Gasteiger partial charge in [0.1, 0.15) is 17.9 Å². The van der Waals surface area contributed by atoms with Crippen molar-refractivity contribution in [2.45, 2.75) is 57.0 Å². The van der Waals surface area contributed by atoms with E-state index in [9.17, 15) is 10.1 Å². The average molecular weight is 434 g/mol. The largest absolute Gasteiger partial charge is 0.484 e. The Balaban J connectivity index is 1.64. The zero-order valence-electron chi connectivity index (χ0n) is 16.7. The molecule has 0 spiro atoms. The van der Waals surface area contributed by atoms with Gasteiger partial charge in [-0.15, -0.1) is 10.2 Å². The molecule has 0 radical (unpaired) electrons. The monoisotopic (exact) mass is 433 g/mol. The van der Waals surface area contributed by atoms with Crippen LogP contribution in [0.15, 0.2) is 29.4 Å². The zero-order chi connectivity index (χ0) is 21.0. The number of rotatable bonds is 9. The molecule has 1 N–H and O–H groups in total. The summed E-state index contributed by atoms with van der Waals surface area (Å²) in [6, 6.07) is 9.80. The highest BCUT2D eigenvalue weighted by atomic mass is 35.5. The van der Waals surface area contributed by atoms with Crippen LogP contribution in [0.3, 0.4) is 0 Å². The Morgan fingerprint density at radius 2 is 2.17 bits per heavy atom. The van der Waals surface area contributed by atoms with Crippen molar-refractivity contribution in [1.29, 1.82) is 5.26 Å². The first-order valence-electron chi connectivity index (χ1n) is 9.50. The molecular formula is C20H24ClN5O2S. The van der Waals surface area contributed by atoms with Gasteiger partial charge in [0.25, 0.3) is 0 Å². The van der Waals surface area contributed by atoms with Crippen molar-refractivity contribution < 1.29 is 9.53 Å². The lowest BCUT2D eigenvalue weighted by Gasteiger charge is -2.27. The van der Waals surface area contributed by atoms with E-state index in [1.165, 1.54) is 11.8 Å². The van der Waals surface area contributed by atoms with Gasteiger partial charge >= 0.3 is 0 Å². The number of hydrogen-bond acceptors (Lipinski definition) is 6. The number of ether oxygens (including phenoxy) is 1. The molecule has 0 bridgehead atoms. The van der Waals surface area contributed by atoms with Gasteiger partial charge in [0.05, 0.1) is 16.8 Å². The number of nitriles is 1. The number of aromatic nitrogens is 3. The Morgan fingerprint density at radius 3 is 2.79 bits per heavy atom. The molecule has 3 rings (SSSR count). The normalized spacial score (nSPS) is 15.6. The van der Waals surface area contributed by atoms with Crippen LogP contribution in [0.1, 0.15) is 45.5 Å². The molecule has 9 heteroatoms. The minimum absolute atomic E-state index is 0.00475. The molecule has 1 aliphatic rings. The van der Waals surface area contributed by atoms with Gasteiger partial charge in [-0.1, -0.05) is 49.3 Å². The molecule has 1 aromatic heterocycles. The summed E-state index contributed by atoms with van der Waals surface area (Å²) in [5.74, 6) is 1.27. The van der Waals surface area contributed by atoms with E-state index in [0.717, 1.165) is 12.8 Å². The average Bonchev–Trinajstić information content (AvgIpc) is 3.45. The maximum atomic E-state index is 12.4. The van der Waals surface area contributed by atoms with Crippen LogP contribution in [0.25, 0.3) is 0 Å². The smallest absolute Gasteiger partial charge is 0.231 e. The Bertz CT molecular complexity index is 922. The van der Waals surface area contributed by atoms with Gasteiger partial charge < -0.3 is 10.1 Å². The van der Waals surface area contributed by atoms with Crippen molar-refractivity contribution in [2.75, 3.05) is 5.75 Å². The first-order chi connectivity index (χ1) is 13.8. The van der Waals surface area contributed by atoms with Gasteiger partial charge in [-0.25, -0.2) is 0 Å². The molecule has 1 saturated carbocycles. The molecule has 2 aromatic rings. The van der Waals surface area contributed by atoms with E-state index in [-0.39, 0.29) is 24.2 Å².